The Kier molecular flexibility index (Phi) is 4.08. The zero-order chi connectivity index (χ0) is 13.9. The number of nitrogen functional groups attached to an aromatic ring is 1. The van der Waals surface area contributed by atoms with Crippen LogP contribution in [0.5, 0.6) is 5.88 Å². The smallest absolute Gasteiger partial charge is 0.433 e. The summed E-state index contributed by atoms with van der Waals surface area (Å²) in [6, 6.07) is 0.787. The Morgan fingerprint density at radius 1 is 1.32 bits per heavy atom. The molecule has 0 amide bonds. The van der Waals surface area contributed by atoms with E-state index in [2.05, 4.69) is 9.97 Å². The van der Waals surface area contributed by atoms with Gasteiger partial charge < -0.3 is 4.74 Å². The summed E-state index contributed by atoms with van der Waals surface area (Å²) in [6.07, 6.45) is -0.194. The number of ether oxygens (including phenoxy) is 1. The summed E-state index contributed by atoms with van der Waals surface area (Å²) in [5, 5.41) is 0. The summed E-state index contributed by atoms with van der Waals surface area (Å²) in [5.41, 5.74) is 0.933. The monoisotopic (exact) mass is 276 g/mol. The first-order chi connectivity index (χ1) is 8.99. The van der Waals surface area contributed by atoms with Crippen LogP contribution >= 0.6 is 0 Å². The molecule has 0 unspecified atom stereocenters. The number of hydrogen-bond donors (Lipinski definition) is 2. The van der Waals surface area contributed by atoms with Gasteiger partial charge in [0, 0.05) is 6.07 Å². The van der Waals surface area contributed by atoms with Crippen LogP contribution in [0.1, 0.15) is 31.4 Å². The quantitative estimate of drug-likeness (QED) is 0.652. The van der Waals surface area contributed by atoms with Crippen molar-refractivity contribution in [3.8, 4) is 5.88 Å². The number of alkyl halides is 3. The van der Waals surface area contributed by atoms with Crippen molar-refractivity contribution in [3.05, 3.63) is 11.8 Å². The van der Waals surface area contributed by atoms with Gasteiger partial charge in [0.25, 0.3) is 0 Å². The Morgan fingerprint density at radius 3 is 2.58 bits per heavy atom. The van der Waals surface area contributed by atoms with Crippen LogP contribution in [0.3, 0.4) is 0 Å². The van der Waals surface area contributed by atoms with Crippen LogP contribution in [0.15, 0.2) is 6.07 Å². The number of nitrogens with two attached hydrogens (primary N) is 1. The molecule has 0 radical (unpaired) electrons. The standard InChI is InChI=1S/C11H15F3N4O/c12-11(13,14)8-5-9(17-10(16-8)18-15)19-6-7-3-1-2-4-7/h5,7H,1-4,6,15H2,(H,16,17,18). The Labute approximate surface area is 108 Å². The molecule has 0 spiro atoms. The fourth-order valence-electron chi connectivity index (χ4n) is 2.09. The van der Waals surface area contributed by atoms with Gasteiger partial charge >= 0.3 is 6.18 Å². The number of halogens is 3. The Morgan fingerprint density at radius 2 is 2.00 bits per heavy atom. The van der Waals surface area contributed by atoms with Crippen LogP contribution in [0, 0.1) is 5.92 Å². The van der Waals surface area contributed by atoms with Crippen molar-refractivity contribution in [1.29, 1.82) is 0 Å². The molecular formula is C11H15F3N4O. The summed E-state index contributed by atoms with van der Waals surface area (Å²) in [6.45, 7) is 0.373. The molecule has 0 saturated heterocycles. The molecule has 19 heavy (non-hydrogen) atoms. The van der Waals surface area contributed by atoms with Gasteiger partial charge in [0.05, 0.1) is 6.61 Å². The minimum atomic E-state index is -4.56. The number of nitrogens with zero attached hydrogens (tertiary/aromatic N) is 2. The molecule has 106 valence electrons. The molecule has 5 nitrogen and oxygen atoms in total. The van der Waals surface area contributed by atoms with Gasteiger partial charge in [-0.3, -0.25) is 5.43 Å². The number of aromatic nitrogens is 2. The lowest BCUT2D eigenvalue weighted by Crippen LogP contribution is -2.17. The van der Waals surface area contributed by atoms with E-state index in [1.807, 2.05) is 5.43 Å². The number of hydrogen-bond acceptors (Lipinski definition) is 5. The van der Waals surface area contributed by atoms with E-state index in [9.17, 15) is 13.2 Å². The molecule has 0 aliphatic heterocycles. The second-order valence-corrected chi connectivity index (χ2v) is 4.52. The first-order valence-corrected chi connectivity index (χ1v) is 6.04. The zero-order valence-corrected chi connectivity index (χ0v) is 10.2. The highest BCUT2D eigenvalue weighted by Crippen LogP contribution is 2.31. The number of hydrazine groups is 1. The topological polar surface area (TPSA) is 73.1 Å². The lowest BCUT2D eigenvalue weighted by molar-refractivity contribution is -0.141. The van der Waals surface area contributed by atoms with Crippen LogP contribution in [-0.4, -0.2) is 16.6 Å². The van der Waals surface area contributed by atoms with E-state index in [1.54, 1.807) is 0 Å². The minimum absolute atomic E-state index is 0.109. The second kappa shape index (κ2) is 5.60. The first-order valence-electron chi connectivity index (χ1n) is 6.04. The van der Waals surface area contributed by atoms with E-state index in [-0.39, 0.29) is 11.8 Å². The van der Waals surface area contributed by atoms with Crippen LogP contribution in [0.4, 0.5) is 19.1 Å². The van der Waals surface area contributed by atoms with Gasteiger partial charge in [-0.25, -0.2) is 10.8 Å². The van der Waals surface area contributed by atoms with Crippen molar-refractivity contribution >= 4 is 5.95 Å². The van der Waals surface area contributed by atoms with E-state index >= 15 is 0 Å². The molecule has 1 fully saturated rings. The SMILES string of the molecule is NNc1nc(OCC2CCCC2)cc(C(F)(F)F)n1. The van der Waals surface area contributed by atoms with Gasteiger partial charge in [0.2, 0.25) is 11.8 Å². The molecule has 0 bridgehead atoms. The van der Waals surface area contributed by atoms with Crippen molar-refractivity contribution in [2.45, 2.75) is 31.9 Å². The van der Waals surface area contributed by atoms with Crippen molar-refractivity contribution < 1.29 is 17.9 Å². The average Bonchev–Trinajstić information content (AvgIpc) is 2.88. The van der Waals surface area contributed by atoms with Crippen molar-refractivity contribution in [3.63, 3.8) is 0 Å². The largest absolute Gasteiger partial charge is 0.477 e. The number of rotatable bonds is 4. The third kappa shape index (κ3) is 3.69. The van der Waals surface area contributed by atoms with Gasteiger partial charge in [-0.2, -0.15) is 18.2 Å². The molecule has 8 heteroatoms. The van der Waals surface area contributed by atoms with Crippen LogP contribution in [0.2, 0.25) is 0 Å². The molecule has 2 rings (SSSR count). The predicted octanol–water partition coefficient (Wildman–Crippen LogP) is 2.35. The summed E-state index contributed by atoms with van der Waals surface area (Å²) in [7, 11) is 0. The van der Waals surface area contributed by atoms with E-state index in [4.69, 9.17) is 10.6 Å². The highest BCUT2D eigenvalue weighted by Gasteiger charge is 2.34. The Bertz CT molecular complexity index is 432. The predicted molar refractivity (Wildman–Crippen MR) is 62.3 cm³/mol. The third-order valence-electron chi connectivity index (χ3n) is 3.06. The molecule has 0 aromatic carbocycles. The van der Waals surface area contributed by atoms with Gasteiger partial charge in [-0.15, -0.1) is 0 Å². The van der Waals surface area contributed by atoms with E-state index < -0.39 is 11.9 Å². The molecule has 1 saturated carbocycles. The fourth-order valence-corrected chi connectivity index (χ4v) is 2.09. The molecule has 0 atom stereocenters. The Balaban J connectivity index is 2.10. The van der Waals surface area contributed by atoms with Gasteiger partial charge in [0.1, 0.15) is 0 Å². The first kappa shape index (κ1) is 13.9. The Hall–Kier alpha value is -1.57. The van der Waals surface area contributed by atoms with Gasteiger partial charge in [-0.05, 0) is 18.8 Å². The molecule has 1 heterocycles. The second-order valence-electron chi connectivity index (χ2n) is 4.52. The van der Waals surface area contributed by atoms with Crippen LogP contribution in [0.25, 0.3) is 0 Å². The maximum atomic E-state index is 12.6. The van der Waals surface area contributed by atoms with Crippen molar-refractivity contribution in [2.75, 3.05) is 12.0 Å². The maximum Gasteiger partial charge on any atom is 0.433 e. The minimum Gasteiger partial charge on any atom is -0.477 e. The molecule has 1 aromatic rings. The summed E-state index contributed by atoms with van der Waals surface area (Å²) in [4.78, 5) is 7.01. The summed E-state index contributed by atoms with van der Waals surface area (Å²) in [5.74, 6) is 5.02. The maximum absolute atomic E-state index is 12.6. The zero-order valence-electron chi connectivity index (χ0n) is 10.2. The normalized spacial score (nSPS) is 16.6. The number of nitrogens with one attached hydrogen (secondary N) is 1. The van der Waals surface area contributed by atoms with E-state index in [0.717, 1.165) is 31.7 Å². The summed E-state index contributed by atoms with van der Waals surface area (Å²) >= 11 is 0. The molecule has 3 N–H and O–H groups in total. The highest BCUT2D eigenvalue weighted by molar-refractivity contribution is 5.30. The molecule has 1 aliphatic rings. The van der Waals surface area contributed by atoms with Gasteiger partial charge in [0.15, 0.2) is 5.69 Å². The fraction of sp³-hybridized carbons (Fsp3) is 0.636. The number of anilines is 1. The van der Waals surface area contributed by atoms with Gasteiger partial charge in [-0.1, -0.05) is 12.8 Å². The lowest BCUT2D eigenvalue weighted by atomic mass is 10.1. The molecule has 1 aromatic heterocycles. The molecule has 1 aliphatic carbocycles. The molecular weight excluding hydrogens is 261 g/mol. The van der Waals surface area contributed by atoms with E-state index in [1.165, 1.54) is 0 Å². The van der Waals surface area contributed by atoms with Crippen LogP contribution in [-0.2, 0) is 6.18 Å². The van der Waals surface area contributed by atoms with Crippen LogP contribution < -0.4 is 16.0 Å². The highest BCUT2D eigenvalue weighted by atomic mass is 19.4. The van der Waals surface area contributed by atoms with Crippen molar-refractivity contribution in [1.82, 2.24) is 9.97 Å². The van der Waals surface area contributed by atoms with Crippen molar-refractivity contribution in [2.24, 2.45) is 11.8 Å². The summed E-state index contributed by atoms with van der Waals surface area (Å²) < 4.78 is 43.2. The average molecular weight is 276 g/mol. The third-order valence-corrected chi connectivity index (χ3v) is 3.06. The lowest BCUT2D eigenvalue weighted by Gasteiger charge is -2.13. The van der Waals surface area contributed by atoms with E-state index in [0.29, 0.717) is 12.5 Å².